The maximum absolute atomic E-state index is 4.18. The Morgan fingerprint density at radius 1 is 0.913 bits per heavy atom. The molecule has 0 saturated heterocycles. The molecule has 1 nitrogen and oxygen atoms in total. The van der Waals surface area contributed by atoms with E-state index in [0.717, 1.165) is 12.5 Å². The van der Waals surface area contributed by atoms with Crippen molar-refractivity contribution >= 4 is 8.24 Å². The maximum atomic E-state index is 4.18. The fourth-order valence-corrected chi connectivity index (χ4v) is 8.31. The zero-order chi connectivity index (χ0) is 17.5. The van der Waals surface area contributed by atoms with Crippen LogP contribution in [0.25, 0.3) is 0 Å². The van der Waals surface area contributed by atoms with Crippen LogP contribution < -0.4 is 4.98 Å². The second-order valence-electron chi connectivity index (χ2n) is 10.3. The molecule has 0 bridgehead atoms. The molecule has 0 spiro atoms. The predicted molar refractivity (Wildman–Crippen MR) is 106 cm³/mol. The van der Waals surface area contributed by atoms with E-state index in [1.165, 1.54) is 32.1 Å². The van der Waals surface area contributed by atoms with Gasteiger partial charge in [0.15, 0.2) is 8.24 Å². The van der Waals surface area contributed by atoms with Crippen molar-refractivity contribution in [3.8, 4) is 0 Å². The topological polar surface area (TPSA) is 12.0 Å². The Balaban J connectivity index is 2.37. The molecule has 1 N–H and O–H groups in total. The van der Waals surface area contributed by atoms with Gasteiger partial charge in [-0.15, -0.1) is 0 Å². The summed E-state index contributed by atoms with van der Waals surface area (Å²) in [5.74, 6) is 0. The van der Waals surface area contributed by atoms with Crippen LogP contribution >= 0.6 is 0 Å². The Hall–Kier alpha value is -0.343. The van der Waals surface area contributed by atoms with Crippen LogP contribution in [0.4, 0.5) is 0 Å². The average molecular weight is 334 g/mol. The first-order chi connectivity index (χ1) is 10.4. The molecular weight excluding hydrogens is 294 g/mol. The van der Waals surface area contributed by atoms with E-state index in [4.69, 9.17) is 0 Å². The molecule has 1 saturated carbocycles. The highest BCUT2D eigenvalue weighted by molar-refractivity contribution is 6.83. The molecule has 0 amide bonds. The molecule has 0 radical (unpaired) electrons. The largest absolute Gasteiger partial charge is 0.331 e. The summed E-state index contributed by atoms with van der Waals surface area (Å²) in [6.07, 6.45) is 10.7. The van der Waals surface area contributed by atoms with E-state index < -0.39 is 8.24 Å². The van der Waals surface area contributed by atoms with Crippen molar-refractivity contribution in [2.75, 3.05) is 0 Å². The van der Waals surface area contributed by atoms with Crippen LogP contribution in [0.5, 0.6) is 0 Å². The van der Waals surface area contributed by atoms with Gasteiger partial charge in [0.25, 0.3) is 0 Å². The molecule has 2 rings (SSSR count). The minimum absolute atomic E-state index is 0.251. The Bertz CT molecular complexity index is 491. The monoisotopic (exact) mass is 333 g/mol. The molecular formula is C21H39NSi. The SMILES string of the molecule is CC(C)(C)C1=CCC(C(C)(C)C)=C1[Si](C)(C)NC1CCCCC1. The molecule has 23 heavy (non-hydrogen) atoms. The molecule has 132 valence electrons. The molecule has 0 aromatic rings. The van der Waals surface area contributed by atoms with E-state index in [1.807, 2.05) is 0 Å². The van der Waals surface area contributed by atoms with Crippen molar-refractivity contribution in [1.29, 1.82) is 0 Å². The van der Waals surface area contributed by atoms with E-state index in [9.17, 15) is 0 Å². The second-order valence-corrected chi connectivity index (χ2v) is 14.3. The molecule has 0 aromatic carbocycles. The van der Waals surface area contributed by atoms with Gasteiger partial charge in [0.1, 0.15) is 0 Å². The van der Waals surface area contributed by atoms with Crippen molar-refractivity contribution in [2.45, 2.75) is 99.2 Å². The van der Waals surface area contributed by atoms with Crippen molar-refractivity contribution in [2.24, 2.45) is 10.8 Å². The van der Waals surface area contributed by atoms with Crippen molar-refractivity contribution < 1.29 is 0 Å². The van der Waals surface area contributed by atoms with E-state index in [2.05, 4.69) is 65.7 Å². The third-order valence-corrected chi connectivity index (χ3v) is 8.54. The molecule has 1 fully saturated rings. The molecule has 0 aliphatic heterocycles. The van der Waals surface area contributed by atoms with Gasteiger partial charge in [-0.1, -0.05) is 85.5 Å². The second kappa shape index (κ2) is 6.52. The summed E-state index contributed by atoms with van der Waals surface area (Å²) in [6, 6.07) is 0.751. The predicted octanol–water partition coefficient (Wildman–Crippen LogP) is 6.37. The molecule has 0 heterocycles. The smallest absolute Gasteiger partial charge is 0.152 e. The highest BCUT2D eigenvalue weighted by atomic mass is 28.3. The summed E-state index contributed by atoms with van der Waals surface area (Å²) < 4.78 is 0. The lowest BCUT2D eigenvalue weighted by atomic mass is 9.83. The summed E-state index contributed by atoms with van der Waals surface area (Å²) in [6.45, 7) is 19.4. The number of hydrogen-bond acceptors (Lipinski definition) is 1. The van der Waals surface area contributed by atoms with Gasteiger partial charge in [0.05, 0.1) is 0 Å². The van der Waals surface area contributed by atoms with Crippen LogP contribution in [0, 0.1) is 10.8 Å². The zero-order valence-corrected chi connectivity index (χ0v) is 17.9. The van der Waals surface area contributed by atoms with Crippen molar-refractivity contribution in [1.82, 2.24) is 4.98 Å². The summed E-state index contributed by atoms with van der Waals surface area (Å²) in [4.78, 5) is 4.18. The average Bonchev–Trinajstić information content (AvgIpc) is 2.84. The summed E-state index contributed by atoms with van der Waals surface area (Å²) in [7, 11) is -1.64. The van der Waals surface area contributed by atoms with Gasteiger partial charge in [-0.05, 0) is 40.9 Å². The molecule has 2 aliphatic rings. The first-order valence-electron chi connectivity index (χ1n) is 9.66. The van der Waals surface area contributed by atoms with E-state index in [0.29, 0.717) is 0 Å². The summed E-state index contributed by atoms with van der Waals surface area (Å²) >= 11 is 0. The number of allylic oxidation sites excluding steroid dienone is 4. The number of nitrogens with one attached hydrogen (secondary N) is 1. The van der Waals surface area contributed by atoms with Gasteiger partial charge < -0.3 is 4.98 Å². The molecule has 2 aliphatic carbocycles. The van der Waals surface area contributed by atoms with Crippen LogP contribution in [-0.4, -0.2) is 14.3 Å². The summed E-state index contributed by atoms with van der Waals surface area (Å²) in [5, 5.41) is 1.74. The Kier molecular flexibility index (Phi) is 5.38. The minimum atomic E-state index is -1.64. The van der Waals surface area contributed by atoms with Crippen LogP contribution in [0.1, 0.15) is 80.1 Å². The van der Waals surface area contributed by atoms with Gasteiger partial charge in [-0.25, -0.2) is 0 Å². The van der Waals surface area contributed by atoms with E-state index >= 15 is 0 Å². The molecule has 0 unspecified atom stereocenters. The molecule has 0 aromatic heterocycles. The fourth-order valence-electron chi connectivity index (χ4n) is 4.48. The normalized spacial score (nSPS) is 21.8. The van der Waals surface area contributed by atoms with Gasteiger partial charge >= 0.3 is 0 Å². The van der Waals surface area contributed by atoms with Crippen LogP contribution in [0.15, 0.2) is 22.4 Å². The van der Waals surface area contributed by atoms with Crippen molar-refractivity contribution in [3.05, 3.63) is 22.4 Å². The lowest BCUT2D eigenvalue weighted by Gasteiger charge is -2.39. The van der Waals surface area contributed by atoms with Crippen LogP contribution in [-0.2, 0) is 0 Å². The Morgan fingerprint density at radius 3 is 1.96 bits per heavy atom. The van der Waals surface area contributed by atoms with Crippen LogP contribution in [0.2, 0.25) is 13.1 Å². The summed E-state index contributed by atoms with van der Waals surface area (Å²) in [5.41, 5.74) is 3.85. The third-order valence-electron chi connectivity index (χ3n) is 5.59. The maximum Gasteiger partial charge on any atom is 0.152 e. The molecule has 0 atom stereocenters. The van der Waals surface area contributed by atoms with E-state index in [1.54, 1.807) is 16.3 Å². The van der Waals surface area contributed by atoms with Crippen LogP contribution in [0.3, 0.4) is 0 Å². The zero-order valence-electron chi connectivity index (χ0n) is 16.9. The van der Waals surface area contributed by atoms with Gasteiger partial charge in [0.2, 0.25) is 0 Å². The fraction of sp³-hybridized carbons (Fsp3) is 0.810. The van der Waals surface area contributed by atoms with E-state index in [-0.39, 0.29) is 10.8 Å². The lowest BCUT2D eigenvalue weighted by molar-refractivity contribution is 0.413. The standard InChI is InChI=1S/C21H39NSi/c1-20(2,3)17-14-15-18(21(4,5)6)19(17)23(7,8)22-16-12-10-9-11-13-16/h14,16,22H,9-13,15H2,1-8H3. The number of rotatable bonds is 3. The number of hydrogen-bond donors (Lipinski definition) is 1. The quantitative estimate of drug-likeness (QED) is 0.591. The lowest BCUT2D eigenvalue weighted by Crippen LogP contribution is -2.54. The Morgan fingerprint density at radius 2 is 1.48 bits per heavy atom. The third kappa shape index (κ3) is 4.39. The minimum Gasteiger partial charge on any atom is -0.331 e. The van der Waals surface area contributed by atoms with Gasteiger partial charge in [-0.2, -0.15) is 0 Å². The van der Waals surface area contributed by atoms with Crippen molar-refractivity contribution in [3.63, 3.8) is 0 Å². The molecule has 2 heteroatoms. The van der Waals surface area contributed by atoms with Gasteiger partial charge in [-0.3, -0.25) is 0 Å². The first-order valence-corrected chi connectivity index (χ1v) is 12.7. The highest BCUT2D eigenvalue weighted by Crippen LogP contribution is 2.47. The highest BCUT2D eigenvalue weighted by Gasteiger charge is 2.41. The van der Waals surface area contributed by atoms with Gasteiger partial charge in [0, 0.05) is 6.04 Å². The Labute approximate surface area is 146 Å². The first kappa shape index (κ1) is 19.0.